The lowest BCUT2D eigenvalue weighted by Crippen LogP contribution is -2.08. The van der Waals surface area contributed by atoms with Crippen LogP contribution in [0, 0.1) is 0 Å². The standard InChI is InChI=1S/C12H16O2/c1-3-14-12(13)9-10(2)11-7-5-4-6-8-11/h4-8,10H,3,9H2,1-2H3/t10-/m0/s1/i9D/t9-,10+/m1. The maximum atomic E-state index is 11.3. The summed E-state index contributed by atoms with van der Waals surface area (Å²) in [6.07, 6.45) is -0.840. The molecule has 0 N–H and O–H groups in total. The van der Waals surface area contributed by atoms with Crippen molar-refractivity contribution < 1.29 is 10.9 Å². The molecule has 0 bridgehead atoms. The number of benzene rings is 1. The Morgan fingerprint density at radius 2 is 2.14 bits per heavy atom. The molecule has 0 amide bonds. The molecule has 76 valence electrons. The molecule has 2 nitrogen and oxygen atoms in total. The van der Waals surface area contributed by atoms with Gasteiger partial charge in [0.05, 0.1) is 13.0 Å². The van der Waals surface area contributed by atoms with Crippen molar-refractivity contribution >= 4 is 5.97 Å². The summed E-state index contributed by atoms with van der Waals surface area (Å²) in [5.41, 5.74) is 0.991. The molecule has 14 heavy (non-hydrogen) atoms. The van der Waals surface area contributed by atoms with E-state index in [1.807, 2.05) is 37.3 Å². The Hall–Kier alpha value is -1.31. The summed E-state index contributed by atoms with van der Waals surface area (Å²) in [5.74, 6) is -0.584. The van der Waals surface area contributed by atoms with Crippen molar-refractivity contribution in [1.82, 2.24) is 0 Å². The van der Waals surface area contributed by atoms with E-state index in [4.69, 9.17) is 6.11 Å². The second-order valence-electron chi connectivity index (χ2n) is 3.12. The summed E-state index contributed by atoms with van der Waals surface area (Å²) < 4.78 is 12.6. The third kappa shape index (κ3) is 3.21. The van der Waals surface area contributed by atoms with E-state index in [1.54, 1.807) is 6.92 Å². The summed E-state index contributed by atoms with van der Waals surface area (Å²) in [4.78, 5) is 11.3. The minimum absolute atomic E-state index is 0.134. The van der Waals surface area contributed by atoms with Crippen molar-refractivity contribution in [2.45, 2.75) is 26.2 Å². The van der Waals surface area contributed by atoms with E-state index in [1.165, 1.54) is 0 Å². The molecule has 2 atom stereocenters. The van der Waals surface area contributed by atoms with Crippen molar-refractivity contribution in [2.24, 2.45) is 0 Å². The summed E-state index contributed by atoms with van der Waals surface area (Å²) >= 11 is 0. The van der Waals surface area contributed by atoms with Crippen LogP contribution in [-0.4, -0.2) is 12.6 Å². The van der Waals surface area contributed by atoms with E-state index in [-0.39, 0.29) is 5.92 Å². The predicted octanol–water partition coefficient (Wildman–Crippen LogP) is 2.74. The topological polar surface area (TPSA) is 26.3 Å². The van der Waals surface area contributed by atoms with E-state index in [0.29, 0.717) is 6.61 Å². The maximum Gasteiger partial charge on any atom is 0.306 e. The fourth-order valence-electron chi connectivity index (χ4n) is 1.25. The Morgan fingerprint density at radius 3 is 2.71 bits per heavy atom. The number of rotatable bonds is 4. The Labute approximate surface area is 86.3 Å². The Kier molecular flexibility index (Phi) is 3.59. The summed E-state index contributed by atoms with van der Waals surface area (Å²) in [6, 6.07) is 9.57. The van der Waals surface area contributed by atoms with Gasteiger partial charge in [0.25, 0.3) is 0 Å². The van der Waals surface area contributed by atoms with Gasteiger partial charge in [-0.25, -0.2) is 0 Å². The van der Waals surface area contributed by atoms with Crippen LogP contribution in [0.2, 0.25) is 0 Å². The third-order valence-electron chi connectivity index (χ3n) is 2.00. The van der Waals surface area contributed by atoms with Crippen LogP contribution in [0.1, 0.15) is 33.1 Å². The van der Waals surface area contributed by atoms with E-state index < -0.39 is 12.4 Å². The molecule has 0 spiro atoms. The lowest BCUT2D eigenvalue weighted by atomic mass is 9.98. The minimum Gasteiger partial charge on any atom is -0.466 e. The lowest BCUT2D eigenvalue weighted by molar-refractivity contribution is -0.143. The lowest BCUT2D eigenvalue weighted by Gasteiger charge is -2.10. The second-order valence-corrected chi connectivity index (χ2v) is 3.12. The Balaban J connectivity index is 2.68. The van der Waals surface area contributed by atoms with Crippen LogP contribution in [0.25, 0.3) is 0 Å². The van der Waals surface area contributed by atoms with Crippen molar-refractivity contribution in [3.05, 3.63) is 35.9 Å². The zero-order chi connectivity index (χ0) is 11.3. The minimum atomic E-state index is -0.840. The van der Waals surface area contributed by atoms with Crippen LogP contribution in [0.5, 0.6) is 0 Å². The van der Waals surface area contributed by atoms with Gasteiger partial charge in [-0.1, -0.05) is 37.3 Å². The molecule has 0 radical (unpaired) electrons. The average Bonchev–Trinajstić information content (AvgIpc) is 2.28. The number of carbonyl (C=O) groups is 1. The van der Waals surface area contributed by atoms with Gasteiger partial charge < -0.3 is 4.74 Å². The van der Waals surface area contributed by atoms with Gasteiger partial charge >= 0.3 is 5.97 Å². The molecule has 0 fully saturated rings. The summed E-state index contributed by atoms with van der Waals surface area (Å²) in [6.45, 7) is 3.94. The Bertz CT molecular complexity index is 311. The zero-order valence-corrected chi connectivity index (χ0v) is 8.57. The molecule has 0 aromatic heterocycles. The first kappa shape index (κ1) is 9.25. The van der Waals surface area contributed by atoms with Crippen LogP contribution < -0.4 is 0 Å². The fourth-order valence-corrected chi connectivity index (χ4v) is 1.25. The highest BCUT2D eigenvalue weighted by Gasteiger charge is 2.10. The van der Waals surface area contributed by atoms with E-state index in [9.17, 15) is 4.79 Å². The molecule has 1 aromatic carbocycles. The smallest absolute Gasteiger partial charge is 0.306 e. The third-order valence-corrected chi connectivity index (χ3v) is 2.00. The van der Waals surface area contributed by atoms with Crippen LogP contribution in [0.15, 0.2) is 30.3 Å². The second kappa shape index (κ2) is 5.43. The normalized spacial score (nSPS) is 15.4. The highest BCUT2D eigenvalue weighted by molar-refractivity contribution is 5.70. The quantitative estimate of drug-likeness (QED) is 0.687. The van der Waals surface area contributed by atoms with Crippen LogP contribution >= 0.6 is 0 Å². The molecular weight excluding hydrogens is 176 g/mol. The highest BCUT2D eigenvalue weighted by Crippen LogP contribution is 2.18. The van der Waals surface area contributed by atoms with Crippen molar-refractivity contribution in [2.75, 3.05) is 6.61 Å². The molecule has 0 saturated carbocycles. The fraction of sp³-hybridized carbons (Fsp3) is 0.417. The van der Waals surface area contributed by atoms with Crippen molar-refractivity contribution in [1.29, 1.82) is 0 Å². The van der Waals surface area contributed by atoms with E-state index >= 15 is 0 Å². The number of esters is 1. The molecule has 0 unspecified atom stereocenters. The summed E-state index contributed by atoms with van der Waals surface area (Å²) in [7, 11) is 0. The van der Waals surface area contributed by atoms with E-state index in [0.717, 1.165) is 5.56 Å². The number of hydrogen-bond donors (Lipinski definition) is 0. The molecule has 1 rings (SSSR count). The first-order valence-electron chi connectivity index (χ1n) is 5.38. The highest BCUT2D eigenvalue weighted by atomic mass is 16.5. The largest absolute Gasteiger partial charge is 0.466 e. The van der Waals surface area contributed by atoms with Gasteiger partial charge in [-0.05, 0) is 18.4 Å². The van der Waals surface area contributed by atoms with Crippen LogP contribution in [-0.2, 0) is 9.53 Å². The number of carbonyl (C=O) groups excluding carboxylic acids is 1. The van der Waals surface area contributed by atoms with Gasteiger partial charge in [-0.15, -0.1) is 0 Å². The Morgan fingerprint density at radius 1 is 1.50 bits per heavy atom. The van der Waals surface area contributed by atoms with Crippen LogP contribution in [0.3, 0.4) is 0 Å². The SMILES string of the molecule is [2H][C@@H](C(=O)OCC)[C@H](C)c1ccccc1. The van der Waals surface area contributed by atoms with Gasteiger partial charge in [-0.3, -0.25) is 4.79 Å². The van der Waals surface area contributed by atoms with Crippen molar-refractivity contribution in [3.8, 4) is 0 Å². The molecule has 1 aromatic rings. The molecule has 0 aliphatic heterocycles. The molecule has 2 heteroatoms. The predicted molar refractivity (Wildman–Crippen MR) is 56.1 cm³/mol. The van der Waals surface area contributed by atoms with Gasteiger partial charge in [0.1, 0.15) is 0 Å². The molecule has 0 aliphatic rings. The van der Waals surface area contributed by atoms with E-state index in [2.05, 4.69) is 0 Å². The number of hydrogen-bond acceptors (Lipinski definition) is 2. The monoisotopic (exact) mass is 193 g/mol. The van der Waals surface area contributed by atoms with Gasteiger partial charge in [-0.2, -0.15) is 0 Å². The van der Waals surface area contributed by atoms with Crippen LogP contribution in [0.4, 0.5) is 0 Å². The molecular formula is C12H16O2. The molecule has 0 aliphatic carbocycles. The molecule has 0 saturated heterocycles. The average molecular weight is 193 g/mol. The first-order chi connectivity index (χ1) is 7.16. The molecule has 0 heterocycles. The first-order valence-corrected chi connectivity index (χ1v) is 4.80. The zero-order valence-electron chi connectivity index (χ0n) is 9.57. The number of ether oxygens (including phenoxy) is 1. The van der Waals surface area contributed by atoms with Gasteiger partial charge in [0, 0.05) is 1.37 Å². The maximum absolute atomic E-state index is 11.3. The van der Waals surface area contributed by atoms with Gasteiger partial charge in [0.15, 0.2) is 0 Å². The van der Waals surface area contributed by atoms with Gasteiger partial charge in [0.2, 0.25) is 0 Å². The summed E-state index contributed by atoms with van der Waals surface area (Å²) in [5, 5.41) is 0. The van der Waals surface area contributed by atoms with Crippen molar-refractivity contribution in [3.63, 3.8) is 0 Å².